The van der Waals surface area contributed by atoms with E-state index in [2.05, 4.69) is 0 Å². The lowest BCUT2D eigenvalue weighted by Crippen LogP contribution is -1.93. The number of aromatic hydroxyl groups is 4. The quantitative estimate of drug-likeness (QED) is 0.0957. The van der Waals surface area contributed by atoms with E-state index in [1.807, 2.05) is 72.8 Å². The van der Waals surface area contributed by atoms with Crippen LogP contribution >= 0.6 is 46.4 Å². The summed E-state index contributed by atoms with van der Waals surface area (Å²) in [4.78, 5) is 0. The van der Waals surface area contributed by atoms with E-state index in [1.54, 1.807) is 97.1 Å². The molecule has 8 nitrogen and oxygen atoms in total. The predicted molar refractivity (Wildman–Crippen MR) is 254 cm³/mol. The van der Waals surface area contributed by atoms with Crippen molar-refractivity contribution in [1.29, 1.82) is 0 Å². The average Bonchev–Trinajstić information content (AvgIpc) is 3.29. The summed E-state index contributed by atoms with van der Waals surface area (Å²) >= 11 is 25.0. The first-order chi connectivity index (χ1) is 31.0. The fourth-order valence-electron chi connectivity index (χ4n) is 6.24. The topological polar surface area (TPSA) is 118 Å². The van der Waals surface area contributed by atoms with E-state index in [0.717, 1.165) is 0 Å². The lowest BCUT2D eigenvalue weighted by molar-refractivity contribution is 0.411. The van der Waals surface area contributed by atoms with Crippen molar-refractivity contribution in [3.05, 3.63) is 225 Å². The molecule has 0 bridgehead atoms. The van der Waals surface area contributed by atoms with Gasteiger partial charge in [0.2, 0.25) is 0 Å². The molecule has 0 aromatic heterocycles. The van der Waals surface area contributed by atoms with Crippen LogP contribution < -0.4 is 18.9 Å². The van der Waals surface area contributed by atoms with Gasteiger partial charge in [0.1, 0.15) is 32.0 Å². The van der Waals surface area contributed by atoms with Crippen molar-refractivity contribution in [3.63, 3.8) is 0 Å². The largest absolute Gasteiger partial charge is 0.504 e. The maximum atomic E-state index is 10.3. The Hall–Kier alpha value is -7.20. The molecule has 0 spiro atoms. The Balaban J connectivity index is 0.000000191. The molecule has 0 aliphatic carbocycles. The van der Waals surface area contributed by atoms with Crippen LogP contribution in [0.15, 0.2) is 203 Å². The molecule has 0 fully saturated rings. The second-order valence-electron chi connectivity index (χ2n) is 13.7. The molecule has 64 heavy (non-hydrogen) atoms. The van der Waals surface area contributed by atoms with Crippen molar-refractivity contribution < 1.29 is 39.4 Å². The van der Waals surface area contributed by atoms with E-state index in [9.17, 15) is 20.4 Å². The Labute approximate surface area is 389 Å². The van der Waals surface area contributed by atoms with Crippen molar-refractivity contribution in [2.75, 3.05) is 0 Å². The van der Waals surface area contributed by atoms with Crippen molar-refractivity contribution in [2.24, 2.45) is 0 Å². The van der Waals surface area contributed by atoms with Crippen LogP contribution in [0.1, 0.15) is 22.3 Å². The van der Waals surface area contributed by atoms with Crippen LogP contribution in [0.2, 0.25) is 0 Å². The first-order valence-electron chi connectivity index (χ1n) is 19.4. The Morgan fingerprint density at radius 3 is 0.672 bits per heavy atom. The Kier molecular flexibility index (Phi) is 14.9. The second-order valence-corrected chi connectivity index (χ2v) is 15.6. The molecule has 12 heteroatoms. The van der Waals surface area contributed by atoms with E-state index < -0.39 is 0 Å². The molecule has 0 radical (unpaired) electrons. The fourth-order valence-corrected chi connectivity index (χ4v) is 7.11. The molecule has 320 valence electrons. The van der Waals surface area contributed by atoms with E-state index >= 15 is 0 Å². The molecular formula is C52H36Cl4O8. The minimum Gasteiger partial charge on any atom is -0.504 e. The van der Waals surface area contributed by atoms with Crippen molar-refractivity contribution in [1.82, 2.24) is 0 Å². The van der Waals surface area contributed by atoms with Crippen LogP contribution in [0.4, 0.5) is 0 Å². The molecular weight excluding hydrogens is 894 g/mol. The minimum absolute atomic E-state index is 0.0118. The monoisotopic (exact) mass is 928 g/mol. The van der Waals surface area contributed by atoms with Gasteiger partial charge in [-0.15, -0.1) is 0 Å². The Bertz CT molecular complexity index is 2520. The number of phenolic OH excluding ortho intramolecular Hbond substituents is 4. The smallest absolute Gasteiger partial charge is 0.169 e. The van der Waals surface area contributed by atoms with Gasteiger partial charge in [0.15, 0.2) is 46.0 Å². The van der Waals surface area contributed by atoms with Gasteiger partial charge in [-0.05, 0) is 119 Å². The molecule has 0 unspecified atom stereocenters. The maximum absolute atomic E-state index is 10.3. The number of ether oxygens (including phenoxy) is 4. The third kappa shape index (κ3) is 11.6. The summed E-state index contributed by atoms with van der Waals surface area (Å²) < 4.78 is 23.3. The number of benzene rings is 8. The number of rotatable bonds is 12. The summed E-state index contributed by atoms with van der Waals surface area (Å²) in [5.74, 6) is 3.19. The predicted octanol–water partition coefficient (Wildman–Crippen LogP) is 15.8. The van der Waals surface area contributed by atoms with Crippen LogP contribution in [-0.2, 0) is 0 Å². The zero-order chi connectivity index (χ0) is 45.0. The molecule has 0 atom stereocenters. The zero-order valence-corrected chi connectivity index (χ0v) is 36.4. The third-order valence-corrected chi connectivity index (χ3v) is 10.0. The van der Waals surface area contributed by atoms with Crippen LogP contribution in [0.25, 0.3) is 11.1 Å². The summed E-state index contributed by atoms with van der Waals surface area (Å²) in [6.07, 6.45) is 0. The van der Waals surface area contributed by atoms with Crippen molar-refractivity contribution in [2.45, 2.75) is 0 Å². The molecule has 0 heterocycles. The number of hydrogen-bond acceptors (Lipinski definition) is 8. The second kappa shape index (κ2) is 21.3. The van der Waals surface area contributed by atoms with Crippen LogP contribution in [0, 0.1) is 0 Å². The van der Waals surface area contributed by atoms with Gasteiger partial charge in [-0.2, -0.15) is 0 Å². The van der Waals surface area contributed by atoms with Crippen molar-refractivity contribution in [3.8, 4) is 69.0 Å². The summed E-state index contributed by atoms with van der Waals surface area (Å²) in [6.45, 7) is 0. The van der Waals surface area contributed by atoms with Gasteiger partial charge in [-0.3, -0.25) is 0 Å². The number of phenols is 4. The normalized spacial score (nSPS) is 10.4. The zero-order valence-electron chi connectivity index (χ0n) is 33.4. The summed E-state index contributed by atoms with van der Waals surface area (Å²) in [5.41, 5.74) is 3.44. The van der Waals surface area contributed by atoms with Gasteiger partial charge < -0.3 is 39.4 Å². The number of para-hydroxylation sites is 4. The molecule has 8 rings (SSSR count). The highest BCUT2D eigenvalue weighted by molar-refractivity contribution is 6.59. The highest BCUT2D eigenvalue weighted by atomic mass is 35.5. The molecule has 8 aromatic rings. The third-order valence-electron chi connectivity index (χ3n) is 9.26. The number of hydrogen-bond donors (Lipinski definition) is 4. The highest BCUT2D eigenvalue weighted by Crippen LogP contribution is 2.43. The maximum Gasteiger partial charge on any atom is 0.169 e. The van der Waals surface area contributed by atoms with E-state index in [4.69, 9.17) is 65.4 Å². The molecule has 0 saturated carbocycles. The van der Waals surface area contributed by atoms with E-state index in [-0.39, 0.29) is 55.0 Å². The fraction of sp³-hybridized carbons (Fsp3) is 0. The van der Waals surface area contributed by atoms with Crippen LogP contribution in [0.3, 0.4) is 0 Å². The summed E-state index contributed by atoms with van der Waals surface area (Å²) in [6, 6.07) is 55.8. The first-order valence-corrected chi connectivity index (χ1v) is 20.9. The SMILES string of the molecule is Oc1ccc(C(=C(Cl)Cl)c2ccc(O)c(Oc3ccccc3)c2)cc1Oc1ccccc1.Oc1ccc(C(=C(Cl)Cl)c2ccc(O)c(Oc3ccccc3)c2)cc1Oc1ccccc1. The van der Waals surface area contributed by atoms with Gasteiger partial charge in [-0.25, -0.2) is 0 Å². The average molecular weight is 931 g/mol. The van der Waals surface area contributed by atoms with Crippen molar-refractivity contribution >= 4 is 57.5 Å². The molecule has 0 amide bonds. The Morgan fingerprint density at radius 2 is 0.484 bits per heavy atom. The van der Waals surface area contributed by atoms with E-state index in [0.29, 0.717) is 56.4 Å². The summed E-state index contributed by atoms with van der Waals surface area (Å²) in [7, 11) is 0. The van der Waals surface area contributed by atoms with Gasteiger partial charge in [0.05, 0.1) is 0 Å². The molecule has 0 aliphatic heterocycles. The van der Waals surface area contributed by atoms with Gasteiger partial charge >= 0.3 is 0 Å². The highest BCUT2D eigenvalue weighted by Gasteiger charge is 2.18. The first kappa shape index (κ1) is 44.8. The van der Waals surface area contributed by atoms with Crippen LogP contribution in [-0.4, -0.2) is 20.4 Å². The number of halogens is 4. The molecule has 0 saturated heterocycles. The summed E-state index contributed by atoms with van der Waals surface area (Å²) in [5, 5.41) is 41.1. The van der Waals surface area contributed by atoms with Gasteiger partial charge in [0.25, 0.3) is 0 Å². The molecule has 8 aromatic carbocycles. The lowest BCUT2D eigenvalue weighted by atomic mass is 9.98. The molecule has 0 aliphatic rings. The minimum atomic E-state index is -0.0264. The Morgan fingerprint density at radius 1 is 0.281 bits per heavy atom. The molecule has 4 N–H and O–H groups in total. The van der Waals surface area contributed by atoms with Gasteiger partial charge in [-0.1, -0.05) is 143 Å². The van der Waals surface area contributed by atoms with Gasteiger partial charge in [0, 0.05) is 11.1 Å². The van der Waals surface area contributed by atoms with Crippen LogP contribution in [0.5, 0.6) is 69.0 Å². The lowest BCUT2D eigenvalue weighted by Gasteiger charge is -2.14. The standard InChI is InChI=1S/2C26H18Cl2O4/c2*27-26(28)25(17-11-13-21(29)23(15-17)31-19-7-3-1-4-8-19)18-12-14-22(30)24(16-18)32-20-9-5-2-6-10-20/h2*1-16,29-30H. The van der Waals surface area contributed by atoms with E-state index in [1.165, 1.54) is 24.3 Å².